The van der Waals surface area contributed by atoms with Crippen molar-refractivity contribution in [3.05, 3.63) is 66.7 Å². The predicted molar refractivity (Wildman–Crippen MR) is 122 cm³/mol. The van der Waals surface area contributed by atoms with Crippen molar-refractivity contribution in [2.75, 3.05) is 30.5 Å². The Morgan fingerprint density at radius 1 is 1.15 bits per heavy atom. The maximum Gasteiger partial charge on any atom is 0.338 e. The molecule has 1 aliphatic rings. The molecule has 0 aromatic heterocycles. The summed E-state index contributed by atoms with van der Waals surface area (Å²) in [6.07, 6.45) is 1.23. The topological polar surface area (TPSA) is 105 Å². The summed E-state index contributed by atoms with van der Waals surface area (Å²) in [6, 6.07) is 11.3. The number of hydrogen-bond acceptors (Lipinski definition) is 6. The van der Waals surface area contributed by atoms with E-state index in [1.807, 2.05) is 0 Å². The van der Waals surface area contributed by atoms with Gasteiger partial charge in [0.1, 0.15) is 11.8 Å². The zero-order chi connectivity index (χ0) is 24.0. The molecule has 1 saturated heterocycles. The summed E-state index contributed by atoms with van der Waals surface area (Å²) in [5, 5.41) is 2.68. The molecular weight excluding hydrogens is 426 g/mol. The van der Waals surface area contributed by atoms with Gasteiger partial charge in [0.15, 0.2) is 0 Å². The molecule has 1 N–H and O–H groups in total. The number of carbonyl (C=O) groups excluding carboxylic acids is 4. The normalized spacial score (nSPS) is 15.4. The van der Waals surface area contributed by atoms with Crippen LogP contribution in [0.2, 0.25) is 0 Å². The molecule has 1 heterocycles. The van der Waals surface area contributed by atoms with Gasteiger partial charge in [-0.15, -0.1) is 6.58 Å². The third-order valence-electron chi connectivity index (χ3n) is 4.99. The van der Waals surface area contributed by atoms with E-state index in [0.717, 1.165) is 4.90 Å². The lowest BCUT2D eigenvalue weighted by molar-refractivity contribution is -0.124. The van der Waals surface area contributed by atoms with Gasteiger partial charge in [-0.25, -0.2) is 14.5 Å². The number of rotatable bonds is 9. The fourth-order valence-corrected chi connectivity index (χ4v) is 3.49. The van der Waals surface area contributed by atoms with E-state index in [1.54, 1.807) is 49.4 Å². The Kier molecular flexibility index (Phi) is 7.45. The van der Waals surface area contributed by atoms with Gasteiger partial charge in [0.2, 0.25) is 5.91 Å². The van der Waals surface area contributed by atoms with Crippen molar-refractivity contribution in [3.63, 3.8) is 0 Å². The van der Waals surface area contributed by atoms with Crippen LogP contribution in [0.3, 0.4) is 0 Å². The first-order valence-electron chi connectivity index (χ1n) is 10.4. The van der Waals surface area contributed by atoms with Crippen LogP contribution in [-0.2, 0) is 14.3 Å². The van der Waals surface area contributed by atoms with Crippen LogP contribution in [0.5, 0.6) is 5.75 Å². The van der Waals surface area contributed by atoms with Gasteiger partial charge in [-0.3, -0.25) is 9.59 Å². The third kappa shape index (κ3) is 5.20. The number of benzene rings is 2. The molecule has 0 spiro atoms. The van der Waals surface area contributed by atoms with Crippen LogP contribution in [0.15, 0.2) is 61.2 Å². The molecule has 4 amide bonds. The van der Waals surface area contributed by atoms with Crippen LogP contribution in [-0.4, -0.2) is 55.0 Å². The molecule has 2 aromatic rings. The van der Waals surface area contributed by atoms with Crippen molar-refractivity contribution in [1.82, 2.24) is 4.90 Å². The molecule has 172 valence electrons. The largest absolute Gasteiger partial charge is 0.497 e. The Bertz CT molecular complexity index is 1080. The molecule has 9 heteroatoms. The summed E-state index contributed by atoms with van der Waals surface area (Å²) >= 11 is 0. The van der Waals surface area contributed by atoms with Crippen molar-refractivity contribution in [2.24, 2.45) is 0 Å². The molecule has 1 fully saturated rings. The second-order valence-electron chi connectivity index (χ2n) is 7.17. The number of anilines is 2. The monoisotopic (exact) mass is 451 g/mol. The van der Waals surface area contributed by atoms with Crippen molar-refractivity contribution in [3.8, 4) is 5.75 Å². The van der Waals surface area contributed by atoms with Crippen LogP contribution >= 0.6 is 0 Å². The Hall–Kier alpha value is -4.14. The summed E-state index contributed by atoms with van der Waals surface area (Å²) in [7, 11) is 1.49. The Labute approximate surface area is 191 Å². The number of nitrogens with one attached hydrogen (secondary N) is 1. The number of methoxy groups -OCH3 is 1. The minimum Gasteiger partial charge on any atom is -0.497 e. The number of esters is 1. The van der Waals surface area contributed by atoms with E-state index >= 15 is 0 Å². The van der Waals surface area contributed by atoms with Crippen molar-refractivity contribution < 1.29 is 28.7 Å². The number of amides is 4. The van der Waals surface area contributed by atoms with E-state index < -0.39 is 29.9 Å². The summed E-state index contributed by atoms with van der Waals surface area (Å²) in [4.78, 5) is 53.1. The van der Waals surface area contributed by atoms with Gasteiger partial charge >= 0.3 is 12.0 Å². The highest BCUT2D eigenvalue weighted by Crippen LogP contribution is 2.29. The van der Waals surface area contributed by atoms with E-state index in [1.165, 1.54) is 24.2 Å². The van der Waals surface area contributed by atoms with Gasteiger partial charge in [0.05, 0.1) is 31.4 Å². The molecule has 1 atom stereocenters. The molecular formula is C24H25N3O6. The van der Waals surface area contributed by atoms with Crippen LogP contribution in [0.25, 0.3) is 0 Å². The Balaban J connectivity index is 1.78. The second-order valence-corrected chi connectivity index (χ2v) is 7.17. The molecule has 1 aliphatic heterocycles. The van der Waals surface area contributed by atoms with Crippen LogP contribution in [0.1, 0.15) is 23.7 Å². The fourth-order valence-electron chi connectivity index (χ4n) is 3.49. The van der Waals surface area contributed by atoms with Crippen molar-refractivity contribution in [2.45, 2.75) is 19.4 Å². The van der Waals surface area contributed by atoms with Crippen molar-refractivity contribution >= 4 is 35.2 Å². The first kappa shape index (κ1) is 23.5. The third-order valence-corrected chi connectivity index (χ3v) is 4.99. The quantitative estimate of drug-likeness (QED) is 0.357. The zero-order valence-corrected chi connectivity index (χ0v) is 18.4. The van der Waals surface area contributed by atoms with Gasteiger partial charge < -0.3 is 19.7 Å². The SMILES string of the molecule is C=CCN1C(=O)N(c2cccc(OC)c2)C(=O)[C@H]1CC(=O)Nc1cccc(C(=O)OCC)c1. The minimum atomic E-state index is -1.00. The van der Waals surface area contributed by atoms with Crippen LogP contribution in [0, 0.1) is 0 Å². The highest BCUT2D eigenvalue weighted by molar-refractivity contribution is 6.22. The van der Waals surface area contributed by atoms with E-state index in [-0.39, 0.29) is 19.6 Å². The molecule has 0 bridgehead atoms. The summed E-state index contributed by atoms with van der Waals surface area (Å²) in [5.41, 5.74) is 1.02. The highest BCUT2D eigenvalue weighted by Gasteiger charge is 2.46. The first-order valence-corrected chi connectivity index (χ1v) is 10.4. The average Bonchev–Trinajstić information content (AvgIpc) is 3.03. The number of ether oxygens (including phenoxy) is 2. The van der Waals surface area contributed by atoms with E-state index in [0.29, 0.717) is 22.7 Å². The van der Waals surface area contributed by atoms with Gasteiger partial charge in [-0.2, -0.15) is 0 Å². The molecule has 0 radical (unpaired) electrons. The van der Waals surface area contributed by atoms with Gasteiger partial charge in [-0.05, 0) is 37.3 Å². The lowest BCUT2D eigenvalue weighted by Crippen LogP contribution is -2.38. The number of hydrogen-bond donors (Lipinski definition) is 1. The summed E-state index contributed by atoms with van der Waals surface area (Å²) < 4.78 is 10.2. The maximum absolute atomic E-state index is 13.2. The fraction of sp³-hybridized carbons (Fsp3) is 0.250. The molecule has 2 aromatic carbocycles. The van der Waals surface area contributed by atoms with Gasteiger partial charge in [-0.1, -0.05) is 18.2 Å². The lowest BCUT2D eigenvalue weighted by atomic mass is 10.1. The molecule has 33 heavy (non-hydrogen) atoms. The number of nitrogens with zero attached hydrogens (tertiary/aromatic N) is 2. The molecule has 0 saturated carbocycles. The van der Waals surface area contributed by atoms with Crippen LogP contribution < -0.4 is 15.0 Å². The van der Waals surface area contributed by atoms with E-state index in [2.05, 4.69) is 11.9 Å². The molecule has 3 rings (SSSR count). The standard InChI is InChI=1S/C24H25N3O6/c1-4-12-26-20(22(29)27(24(26)31)18-10-7-11-19(14-18)32-3)15-21(28)25-17-9-6-8-16(13-17)23(30)33-5-2/h4,6-11,13-14,20H,1,5,12,15H2,2-3H3,(H,25,28)/t20-/m1/s1. The Morgan fingerprint density at radius 3 is 2.61 bits per heavy atom. The van der Waals surface area contributed by atoms with Gasteiger partial charge in [0, 0.05) is 18.3 Å². The zero-order valence-electron chi connectivity index (χ0n) is 18.4. The second kappa shape index (κ2) is 10.4. The van der Waals surface area contributed by atoms with Gasteiger partial charge in [0.25, 0.3) is 5.91 Å². The van der Waals surface area contributed by atoms with Crippen molar-refractivity contribution in [1.29, 1.82) is 0 Å². The predicted octanol–water partition coefficient (Wildman–Crippen LogP) is 3.22. The highest BCUT2D eigenvalue weighted by atomic mass is 16.5. The number of urea groups is 1. The molecule has 9 nitrogen and oxygen atoms in total. The lowest BCUT2D eigenvalue weighted by Gasteiger charge is -2.19. The molecule has 0 unspecified atom stereocenters. The smallest absolute Gasteiger partial charge is 0.338 e. The minimum absolute atomic E-state index is 0.0985. The summed E-state index contributed by atoms with van der Waals surface area (Å²) in [5.74, 6) is -1.02. The van der Waals surface area contributed by atoms with Crippen LogP contribution in [0.4, 0.5) is 16.2 Å². The average molecular weight is 451 g/mol. The van der Waals surface area contributed by atoms with E-state index in [9.17, 15) is 19.2 Å². The Morgan fingerprint density at radius 2 is 1.91 bits per heavy atom. The number of carbonyl (C=O) groups is 4. The number of imide groups is 1. The summed E-state index contributed by atoms with van der Waals surface area (Å²) in [6.45, 7) is 5.68. The molecule has 0 aliphatic carbocycles. The maximum atomic E-state index is 13.2. The van der Waals surface area contributed by atoms with E-state index in [4.69, 9.17) is 9.47 Å². The first-order chi connectivity index (χ1) is 15.9.